The number of nitrogens with one attached hydrogen (secondary N) is 1. The molecule has 1 aliphatic heterocycles. The molecule has 0 bridgehead atoms. The number of para-hydroxylation sites is 2. The molecule has 1 N–H and O–H groups in total. The molecule has 3 rings (SSSR count). The quantitative estimate of drug-likeness (QED) is 0.866. The highest BCUT2D eigenvalue weighted by Crippen LogP contribution is 2.37. The number of nitrogens with zero attached hydrogens (tertiary/aromatic N) is 1. The second kappa shape index (κ2) is 6.30. The van der Waals surface area contributed by atoms with Crippen LogP contribution in [0.5, 0.6) is 5.75 Å². The Morgan fingerprint density at radius 3 is 2.57 bits per heavy atom. The van der Waals surface area contributed by atoms with Crippen molar-refractivity contribution in [3.63, 3.8) is 0 Å². The van der Waals surface area contributed by atoms with Crippen molar-refractivity contribution in [1.82, 2.24) is 0 Å². The molecule has 0 saturated carbocycles. The lowest BCUT2D eigenvalue weighted by molar-refractivity contribution is -0.113. The minimum absolute atomic E-state index is 0.180. The number of anilines is 1. The third-order valence-corrected chi connectivity index (χ3v) is 4.49. The SMILES string of the molecule is COc1ccccc1/C=C1\SC(=N)N(c2ccccc2C)C1=O. The molecule has 2 aromatic carbocycles. The molecule has 0 atom stereocenters. The summed E-state index contributed by atoms with van der Waals surface area (Å²) in [6.07, 6.45) is 1.78. The first-order valence-electron chi connectivity index (χ1n) is 7.13. The van der Waals surface area contributed by atoms with Gasteiger partial charge in [-0.15, -0.1) is 0 Å². The maximum atomic E-state index is 12.7. The molecule has 1 aliphatic rings. The number of carbonyl (C=O) groups is 1. The van der Waals surface area contributed by atoms with Gasteiger partial charge in [0.1, 0.15) is 5.75 Å². The van der Waals surface area contributed by atoms with Gasteiger partial charge in [0.2, 0.25) is 0 Å². The normalized spacial score (nSPS) is 16.3. The molecule has 0 unspecified atom stereocenters. The predicted molar refractivity (Wildman–Crippen MR) is 95.0 cm³/mol. The smallest absolute Gasteiger partial charge is 0.271 e. The van der Waals surface area contributed by atoms with Crippen molar-refractivity contribution < 1.29 is 9.53 Å². The highest BCUT2D eigenvalue weighted by Gasteiger charge is 2.34. The van der Waals surface area contributed by atoms with Crippen LogP contribution >= 0.6 is 11.8 Å². The first kappa shape index (κ1) is 15.4. The van der Waals surface area contributed by atoms with Crippen LogP contribution in [-0.2, 0) is 4.79 Å². The van der Waals surface area contributed by atoms with Crippen molar-refractivity contribution in [2.45, 2.75) is 6.92 Å². The minimum Gasteiger partial charge on any atom is -0.496 e. The van der Waals surface area contributed by atoms with Gasteiger partial charge in [-0.2, -0.15) is 0 Å². The Kier molecular flexibility index (Phi) is 4.21. The molecule has 1 amide bonds. The van der Waals surface area contributed by atoms with Gasteiger partial charge in [-0.05, 0) is 42.5 Å². The Bertz CT molecular complexity index is 814. The molecule has 23 heavy (non-hydrogen) atoms. The van der Waals surface area contributed by atoms with Crippen LogP contribution < -0.4 is 9.64 Å². The van der Waals surface area contributed by atoms with Crippen molar-refractivity contribution in [1.29, 1.82) is 5.41 Å². The number of aryl methyl sites for hydroxylation is 1. The predicted octanol–water partition coefficient (Wildman–Crippen LogP) is 4.06. The van der Waals surface area contributed by atoms with E-state index in [1.54, 1.807) is 13.2 Å². The molecule has 0 spiro atoms. The molecule has 0 aliphatic carbocycles. The van der Waals surface area contributed by atoms with Gasteiger partial charge in [-0.1, -0.05) is 36.4 Å². The van der Waals surface area contributed by atoms with Crippen LogP contribution in [0.15, 0.2) is 53.4 Å². The van der Waals surface area contributed by atoms with Crippen LogP contribution in [0.3, 0.4) is 0 Å². The molecule has 5 heteroatoms. The van der Waals surface area contributed by atoms with Gasteiger partial charge < -0.3 is 4.74 Å². The van der Waals surface area contributed by atoms with Crippen LogP contribution in [0.4, 0.5) is 5.69 Å². The molecule has 2 aromatic rings. The second-order valence-electron chi connectivity index (χ2n) is 5.08. The van der Waals surface area contributed by atoms with Crippen molar-refractivity contribution in [2.75, 3.05) is 12.0 Å². The molecular formula is C18H16N2O2S. The summed E-state index contributed by atoms with van der Waals surface area (Å²) in [5, 5.41) is 8.37. The van der Waals surface area contributed by atoms with E-state index in [9.17, 15) is 4.79 Å². The summed E-state index contributed by atoms with van der Waals surface area (Å²) >= 11 is 1.16. The monoisotopic (exact) mass is 324 g/mol. The van der Waals surface area contributed by atoms with Gasteiger partial charge in [0.15, 0.2) is 5.17 Å². The van der Waals surface area contributed by atoms with Crippen LogP contribution in [0, 0.1) is 12.3 Å². The van der Waals surface area contributed by atoms with Gasteiger partial charge in [0.05, 0.1) is 17.7 Å². The third-order valence-electron chi connectivity index (χ3n) is 3.61. The lowest BCUT2D eigenvalue weighted by Crippen LogP contribution is -2.28. The van der Waals surface area contributed by atoms with E-state index >= 15 is 0 Å². The minimum atomic E-state index is -0.180. The lowest BCUT2D eigenvalue weighted by atomic mass is 10.1. The second-order valence-corrected chi connectivity index (χ2v) is 6.12. The molecule has 1 fully saturated rings. The Morgan fingerprint density at radius 2 is 1.83 bits per heavy atom. The lowest BCUT2D eigenvalue weighted by Gasteiger charge is -2.16. The number of carbonyl (C=O) groups excluding carboxylic acids is 1. The fraction of sp³-hybridized carbons (Fsp3) is 0.111. The average Bonchev–Trinajstić information content (AvgIpc) is 2.83. The van der Waals surface area contributed by atoms with E-state index in [0.29, 0.717) is 10.7 Å². The summed E-state index contributed by atoms with van der Waals surface area (Å²) in [6, 6.07) is 15.1. The molecule has 0 aromatic heterocycles. The number of ether oxygens (including phenoxy) is 1. The summed E-state index contributed by atoms with van der Waals surface area (Å²) in [6.45, 7) is 1.93. The average molecular weight is 324 g/mol. The number of methoxy groups -OCH3 is 1. The van der Waals surface area contributed by atoms with E-state index in [1.807, 2.05) is 55.5 Å². The number of rotatable bonds is 3. The maximum Gasteiger partial charge on any atom is 0.271 e. The Morgan fingerprint density at radius 1 is 1.13 bits per heavy atom. The van der Waals surface area contributed by atoms with Crippen molar-refractivity contribution in [2.24, 2.45) is 0 Å². The van der Waals surface area contributed by atoms with Crippen LogP contribution in [0.1, 0.15) is 11.1 Å². The van der Waals surface area contributed by atoms with E-state index in [0.717, 1.165) is 28.6 Å². The fourth-order valence-corrected chi connectivity index (χ4v) is 3.29. The summed E-state index contributed by atoms with van der Waals surface area (Å²) in [7, 11) is 1.60. The van der Waals surface area contributed by atoms with Gasteiger partial charge >= 0.3 is 0 Å². The van der Waals surface area contributed by atoms with Crippen molar-refractivity contribution in [3.05, 3.63) is 64.6 Å². The first-order valence-corrected chi connectivity index (χ1v) is 7.94. The van der Waals surface area contributed by atoms with Crippen molar-refractivity contribution in [3.8, 4) is 5.75 Å². The number of hydrogen-bond acceptors (Lipinski definition) is 4. The van der Waals surface area contributed by atoms with Crippen LogP contribution in [0.2, 0.25) is 0 Å². The Hall–Kier alpha value is -2.53. The zero-order chi connectivity index (χ0) is 16.4. The zero-order valence-electron chi connectivity index (χ0n) is 12.9. The summed E-state index contributed by atoms with van der Waals surface area (Å²) < 4.78 is 5.32. The zero-order valence-corrected chi connectivity index (χ0v) is 13.7. The number of thioether (sulfide) groups is 1. The van der Waals surface area contributed by atoms with Gasteiger partial charge in [0, 0.05) is 5.56 Å². The summed E-state index contributed by atoms with van der Waals surface area (Å²) in [4.78, 5) is 14.7. The molecular weight excluding hydrogens is 308 g/mol. The summed E-state index contributed by atoms with van der Waals surface area (Å²) in [5.41, 5.74) is 2.54. The highest BCUT2D eigenvalue weighted by atomic mass is 32.2. The number of hydrogen-bond donors (Lipinski definition) is 1. The van der Waals surface area contributed by atoms with E-state index < -0.39 is 0 Å². The molecule has 1 saturated heterocycles. The Labute approximate surface area is 139 Å². The van der Waals surface area contributed by atoms with E-state index in [4.69, 9.17) is 10.1 Å². The van der Waals surface area contributed by atoms with Crippen LogP contribution in [-0.4, -0.2) is 18.2 Å². The molecule has 0 radical (unpaired) electrons. The van der Waals surface area contributed by atoms with Gasteiger partial charge in [0.25, 0.3) is 5.91 Å². The maximum absolute atomic E-state index is 12.7. The topological polar surface area (TPSA) is 53.4 Å². The molecule has 1 heterocycles. The third kappa shape index (κ3) is 2.87. The largest absolute Gasteiger partial charge is 0.496 e. The summed E-state index contributed by atoms with van der Waals surface area (Å²) in [5.74, 6) is 0.523. The van der Waals surface area contributed by atoms with Gasteiger partial charge in [-0.3, -0.25) is 15.1 Å². The van der Waals surface area contributed by atoms with Crippen molar-refractivity contribution >= 4 is 34.6 Å². The number of benzene rings is 2. The van der Waals surface area contributed by atoms with Gasteiger partial charge in [-0.25, -0.2) is 0 Å². The van der Waals surface area contributed by atoms with Crippen LogP contribution in [0.25, 0.3) is 6.08 Å². The fourth-order valence-electron chi connectivity index (χ4n) is 2.45. The molecule has 116 valence electrons. The first-order chi connectivity index (χ1) is 11.1. The standard InChI is InChI=1S/C18H16N2O2S/c1-12-7-3-5-9-14(12)20-17(21)16(23-18(20)19)11-13-8-4-6-10-15(13)22-2/h3-11,19H,1-2H3/b16-11-,19-18?. The number of amides is 1. The van der Waals surface area contributed by atoms with E-state index in [-0.39, 0.29) is 11.1 Å². The Balaban J connectivity index is 1.99. The van der Waals surface area contributed by atoms with E-state index in [1.165, 1.54) is 4.90 Å². The molecule has 4 nitrogen and oxygen atoms in total. The number of amidine groups is 1. The van der Waals surface area contributed by atoms with E-state index in [2.05, 4.69) is 0 Å². The highest BCUT2D eigenvalue weighted by molar-refractivity contribution is 8.19.